The molecule has 0 radical (unpaired) electrons. The zero-order valence-electron chi connectivity index (χ0n) is 11.3. The lowest BCUT2D eigenvalue weighted by atomic mass is 10.3. The van der Waals surface area contributed by atoms with Gasteiger partial charge in [0.2, 0.25) is 11.5 Å². The number of phosphoric acid groups is 1. The normalized spacial score (nSPS) is 10.8. The molecule has 0 atom stereocenters. The van der Waals surface area contributed by atoms with E-state index in [9.17, 15) is 29.7 Å². The second-order valence-corrected chi connectivity index (χ2v) is 5.40. The van der Waals surface area contributed by atoms with Gasteiger partial charge in [0.15, 0.2) is 0 Å². The average Bonchev–Trinajstić information content (AvgIpc) is 2.47. The van der Waals surface area contributed by atoms with Crippen molar-refractivity contribution in [3.63, 3.8) is 0 Å². The van der Waals surface area contributed by atoms with E-state index in [1.54, 1.807) is 0 Å². The highest BCUT2D eigenvalue weighted by molar-refractivity contribution is 7.48. The van der Waals surface area contributed by atoms with Crippen molar-refractivity contribution in [3.8, 4) is 11.5 Å². The Hall–Kier alpha value is -2.97. The largest absolute Gasteiger partial charge is 0.585 e. The first-order chi connectivity index (χ1) is 10.8. The summed E-state index contributed by atoms with van der Waals surface area (Å²) in [4.78, 5) is 29.8. The van der Waals surface area contributed by atoms with E-state index < -0.39 is 40.5 Å². The highest BCUT2D eigenvalue weighted by Gasteiger charge is 2.31. The molecule has 2 aromatic rings. The maximum atomic E-state index is 12.0. The lowest BCUT2D eigenvalue weighted by Gasteiger charge is -2.13. The van der Waals surface area contributed by atoms with Gasteiger partial charge in [0, 0.05) is 12.1 Å². The number of hydrogen-bond acceptors (Lipinski definition) is 7. The van der Waals surface area contributed by atoms with Gasteiger partial charge in [-0.1, -0.05) is 24.3 Å². The van der Waals surface area contributed by atoms with Gasteiger partial charge in [0.05, 0.1) is 9.85 Å². The van der Waals surface area contributed by atoms with Gasteiger partial charge >= 0.3 is 19.2 Å². The Morgan fingerprint density at radius 1 is 0.826 bits per heavy atom. The Labute approximate surface area is 128 Å². The van der Waals surface area contributed by atoms with E-state index in [1.165, 1.54) is 24.3 Å². The number of phosphoric ester groups is 1. The van der Waals surface area contributed by atoms with E-state index in [0.717, 1.165) is 24.3 Å². The minimum absolute atomic E-state index is 0.498. The molecule has 0 aliphatic carbocycles. The van der Waals surface area contributed by atoms with Crippen LogP contribution in [0.25, 0.3) is 0 Å². The van der Waals surface area contributed by atoms with E-state index in [0.29, 0.717) is 0 Å². The Bertz CT molecular complexity index is 746. The van der Waals surface area contributed by atoms with Crippen LogP contribution in [0.3, 0.4) is 0 Å². The van der Waals surface area contributed by atoms with Gasteiger partial charge in [-0.15, -0.1) is 0 Å². The molecule has 120 valence electrons. The smallest absolute Gasteiger partial charge is 0.388 e. The van der Waals surface area contributed by atoms with Crippen LogP contribution >= 0.6 is 7.82 Å². The molecule has 23 heavy (non-hydrogen) atoms. The van der Waals surface area contributed by atoms with Crippen molar-refractivity contribution in [1.29, 1.82) is 0 Å². The van der Waals surface area contributed by atoms with E-state index >= 15 is 0 Å². The molecule has 0 aromatic heterocycles. The molecule has 0 amide bonds. The third-order valence-corrected chi connectivity index (χ3v) is 3.41. The van der Waals surface area contributed by atoms with Crippen molar-refractivity contribution >= 4 is 19.2 Å². The molecule has 11 heteroatoms. The number of benzene rings is 2. The van der Waals surface area contributed by atoms with Gasteiger partial charge in [0.25, 0.3) is 0 Å². The molecule has 0 spiro atoms. The summed E-state index contributed by atoms with van der Waals surface area (Å²) < 4.78 is 21.3. The summed E-state index contributed by atoms with van der Waals surface area (Å²) in [6.45, 7) is 0. The summed E-state index contributed by atoms with van der Waals surface area (Å²) in [5, 5.41) is 21.7. The standard InChI is InChI=1S/C12H9N2O8P/c15-13(16)9-5-1-3-7-11(9)21-23(19,20)22-12-8-4-2-6-10(12)14(17)18/h1-8H,(H,19,20). The third kappa shape index (κ3) is 4.02. The second-order valence-electron chi connectivity index (χ2n) is 4.10. The van der Waals surface area contributed by atoms with Crippen molar-refractivity contribution < 1.29 is 28.4 Å². The molecule has 0 bridgehead atoms. The van der Waals surface area contributed by atoms with E-state index in [2.05, 4.69) is 9.05 Å². The molecule has 0 unspecified atom stereocenters. The summed E-state index contributed by atoms with van der Waals surface area (Å²) in [5.41, 5.74) is -1.10. The minimum atomic E-state index is -4.88. The first-order valence-corrected chi connectivity index (χ1v) is 7.48. The van der Waals surface area contributed by atoms with E-state index in [-0.39, 0.29) is 0 Å². The first kappa shape index (κ1) is 16.4. The fraction of sp³-hybridized carbons (Fsp3) is 0. The molecule has 2 aromatic carbocycles. The SMILES string of the molecule is O=[N+]([O-])c1ccccc1OP(=O)(O)Oc1ccccc1[N+](=O)[O-]. The maximum Gasteiger partial charge on any atom is 0.585 e. The fourth-order valence-corrected chi connectivity index (χ4v) is 2.48. The van der Waals surface area contributed by atoms with Gasteiger partial charge in [-0.3, -0.25) is 25.1 Å². The summed E-state index contributed by atoms with van der Waals surface area (Å²) in [7, 11) is -4.88. The predicted octanol–water partition coefficient (Wildman–Crippen LogP) is 3.06. The molecule has 0 fully saturated rings. The molecule has 0 aliphatic heterocycles. The topological polar surface area (TPSA) is 142 Å². The second kappa shape index (κ2) is 6.42. The number of nitro groups is 2. The number of nitrogens with zero attached hydrogens (tertiary/aromatic N) is 2. The van der Waals surface area contributed by atoms with E-state index in [1.807, 2.05) is 0 Å². The van der Waals surface area contributed by atoms with Gasteiger partial charge in [-0.2, -0.15) is 0 Å². The highest BCUT2D eigenvalue weighted by Crippen LogP contribution is 2.48. The van der Waals surface area contributed by atoms with E-state index in [4.69, 9.17) is 0 Å². The molecular formula is C12H9N2O8P. The van der Waals surface area contributed by atoms with Gasteiger partial charge in [-0.05, 0) is 12.1 Å². The molecule has 10 nitrogen and oxygen atoms in total. The van der Waals surface area contributed by atoms with Crippen molar-refractivity contribution in [2.24, 2.45) is 0 Å². The Morgan fingerprint density at radius 2 is 1.17 bits per heavy atom. The summed E-state index contributed by atoms with van der Waals surface area (Å²) >= 11 is 0. The molecule has 0 heterocycles. The molecule has 0 saturated heterocycles. The van der Waals surface area contributed by atoms with Crippen LogP contribution in [0.15, 0.2) is 48.5 Å². The Balaban J connectivity index is 2.29. The predicted molar refractivity (Wildman–Crippen MR) is 77.3 cm³/mol. The Morgan fingerprint density at radius 3 is 1.52 bits per heavy atom. The van der Waals surface area contributed by atoms with Crippen LogP contribution in [-0.4, -0.2) is 14.7 Å². The van der Waals surface area contributed by atoms with Gasteiger partial charge in [0.1, 0.15) is 0 Å². The first-order valence-electron chi connectivity index (χ1n) is 5.99. The monoisotopic (exact) mass is 340 g/mol. The lowest BCUT2D eigenvalue weighted by molar-refractivity contribution is -0.385. The summed E-state index contributed by atoms with van der Waals surface area (Å²) in [6, 6.07) is 9.74. The zero-order chi connectivity index (χ0) is 17.0. The van der Waals surface area contributed by atoms with Crippen LogP contribution in [0.2, 0.25) is 0 Å². The molecule has 0 saturated carbocycles. The summed E-state index contributed by atoms with van der Waals surface area (Å²) in [5.74, 6) is -0.996. The van der Waals surface area contributed by atoms with Crippen molar-refractivity contribution in [2.75, 3.05) is 0 Å². The zero-order valence-corrected chi connectivity index (χ0v) is 12.2. The van der Waals surface area contributed by atoms with Crippen molar-refractivity contribution in [1.82, 2.24) is 0 Å². The molecule has 1 N–H and O–H groups in total. The number of para-hydroxylation sites is 4. The maximum absolute atomic E-state index is 12.0. The van der Waals surface area contributed by atoms with Gasteiger partial charge in [-0.25, -0.2) is 4.57 Å². The quantitative estimate of drug-likeness (QED) is 0.480. The van der Waals surface area contributed by atoms with Crippen LogP contribution in [-0.2, 0) is 4.57 Å². The number of nitro benzene ring substituents is 2. The van der Waals surface area contributed by atoms with Crippen molar-refractivity contribution in [3.05, 3.63) is 68.8 Å². The van der Waals surface area contributed by atoms with Crippen LogP contribution in [0.5, 0.6) is 11.5 Å². The minimum Gasteiger partial charge on any atom is -0.388 e. The van der Waals surface area contributed by atoms with Crippen molar-refractivity contribution in [2.45, 2.75) is 0 Å². The van der Waals surface area contributed by atoms with Crippen LogP contribution in [0.4, 0.5) is 11.4 Å². The van der Waals surface area contributed by atoms with Crippen LogP contribution in [0.1, 0.15) is 0 Å². The van der Waals surface area contributed by atoms with Gasteiger partial charge < -0.3 is 9.05 Å². The molecule has 2 rings (SSSR count). The highest BCUT2D eigenvalue weighted by atomic mass is 31.2. The molecular weight excluding hydrogens is 331 g/mol. The number of rotatable bonds is 6. The average molecular weight is 340 g/mol. The number of hydrogen-bond donors (Lipinski definition) is 1. The molecule has 0 aliphatic rings. The lowest BCUT2D eigenvalue weighted by Crippen LogP contribution is -2.03. The Kier molecular flexibility index (Phi) is 4.58. The van der Waals surface area contributed by atoms with Crippen LogP contribution in [0, 0.1) is 20.2 Å². The fourth-order valence-electron chi connectivity index (χ4n) is 1.64. The van der Waals surface area contributed by atoms with Crippen LogP contribution < -0.4 is 9.05 Å². The summed E-state index contributed by atoms with van der Waals surface area (Å²) in [6.07, 6.45) is 0. The third-order valence-electron chi connectivity index (χ3n) is 2.55.